The van der Waals surface area contributed by atoms with Crippen LogP contribution >= 0.6 is 0 Å². The molecule has 0 heterocycles. The van der Waals surface area contributed by atoms with E-state index in [-0.39, 0.29) is 0 Å². The minimum atomic E-state index is 1.15. The summed E-state index contributed by atoms with van der Waals surface area (Å²) in [7, 11) is 0. The standard InChI is InChI=1S/C10H19/c1-3-5-7-9-10-8-6-4-2/h5,9-10H,3-4,6-8H2,1-2H3/b10-9+. The van der Waals surface area contributed by atoms with Gasteiger partial charge in [-0.25, -0.2) is 0 Å². The van der Waals surface area contributed by atoms with Crippen molar-refractivity contribution in [3.8, 4) is 0 Å². The molecule has 59 valence electrons. The Morgan fingerprint density at radius 2 is 1.90 bits per heavy atom. The van der Waals surface area contributed by atoms with E-state index in [1.807, 2.05) is 0 Å². The highest BCUT2D eigenvalue weighted by atomic mass is 13.9. The van der Waals surface area contributed by atoms with Crippen molar-refractivity contribution < 1.29 is 0 Å². The fourth-order valence-electron chi connectivity index (χ4n) is 0.799. The van der Waals surface area contributed by atoms with E-state index in [9.17, 15) is 0 Å². The molecular formula is C10H19. The zero-order chi connectivity index (χ0) is 7.66. The minimum absolute atomic E-state index is 1.15. The van der Waals surface area contributed by atoms with Gasteiger partial charge in [-0.05, 0) is 19.3 Å². The molecule has 0 nitrogen and oxygen atoms in total. The first-order valence-corrected chi connectivity index (χ1v) is 4.38. The van der Waals surface area contributed by atoms with Crippen LogP contribution in [0.4, 0.5) is 0 Å². The highest BCUT2D eigenvalue weighted by Gasteiger charge is 1.79. The Balaban J connectivity index is 2.89. The van der Waals surface area contributed by atoms with Crippen LogP contribution in [0.1, 0.15) is 46.0 Å². The molecule has 0 aliphatic heterocycles. The van der Waals surface area contributed by atoms with Gasteiger partial charge >= 0.3 is 0 Å². The lowest BCUT2D eigenvalue weighted by molar-refractivity contribution is 0.812. The van der Waals surface area contributed by atoms with Crippen molar-refractivity contribution in [2.45, 2.75) is 46.0 Å². The van der Waals surface area contributed by atoms with Crippen LogP contribution in [0, 0.1) is 6.42 Å². The normalized spacial score (nSPS) is 11.0. The van der Waals surface area contributed by atoms with E-state index in [0.717, 1.165) is 6.42 Å². The third-order valence-electron chi connectivity index (χ3n) is 1.48. The second-order valence-electron chi connectivity index (χ2n) is 2.55. The van der Waals surface area contributed by atoms with Gasteiger partial charge in [0.2, 0.25) is 0 Å². The summed E-state index contributed by atoms with van der Waals surface area (Å²) in [6.45, 7) is 4.41. The summed E-state index contributed by atoms with van der Waals surface area (Å²) in [5, 5.41) is 0. The van der Waals surface area contributed by atoms with Gasteiger partial charge in [-0.3, -0.25) is 0 Å². The highest BCUT2D eigenvalue weighted by Crippen LogP contribution is 1.98. The Hall–Kier alpha value is -0.260. The smallest absolute Gasteiger partial charge is 0.0320 e. The van der Waals surface area contributed by atoms with E-state index in [1.54, 1.807) is 0 Å². The third-order valence-corrected chi connectivity index (χ3v) is 1.48. The zero-order valence-corrected chi connectivity index (χ0v) is 7.27. The number of allylic oxidation sites excluding steroid dienone is 2. The maximum atomic E-state index is 2.29. The van der Waals surface area contributed by atoms with E-state index in [1.165, 1.54) is 25.7 Å². The first-order valence-electron chi connectivity index (χ1n) is 4.38. The molecule has 0 fully saturated rings. The van der Waals surface area contributed by atoms with Gasteiger partial charge in [-0.1, -0.05) is 45.3 Å². The number of unbranched alkanes of at least 4 members (excludes halogenated alkanes) is 4. The SMILES string of the molecule is CC[CH]C/C=C/CCCC. The van der Waals surface area contributed by atoms with Crippen LogP contribution in [0.2, 0.25) is 0 Å². The minimum Gasteiger partial charge on any atom is -0.0885 e. The van der Waals surface area contributed by atoms with Gasteiger partial charge in [0.1, 0.15) is 0 Å². The van der Waals surface area contributed by atoms with Crippen LogP contribution in [0.5, 0.6) is 0 Å². The summed E-state index contributed by atoms with van der Waals surface area (Å²) in [5.41, 5.74) is 0. The summed E-state index contributed by atoms with van der Waals surface area (Å²) in [6.07, 6.45) is 13.1. The van der Waals surface area contributed by atoms with E-state index in [4.69, 9.17) is 0 Å². The second-order valence-corrected chi connectivity index (χ2v) is 2.55. The van der Waals surface area contributed by atoms with Crippen molar-refractivity contribution in [2.24, 2.45) is 0 Å². The molecule has 0 saturated heterocycles. The van der Waals surface area contributed by atoms with E-state index in [2.05, 4.69) is 32.4 Å². The first kappa shape index (κ1) is 9.74. The number of rotatable bonds is 6. The van der Waals surface area contributed by atoms with Gasteiger partial charge < -0.3 is 0 Å². The second kappa shape index (κ2) is 8.74. The molecule has 1 radical (unpaired) electrons. The van der Waals surface area contributed by atoms with Crippen LogP contribution in [-0.4, -0.2) is 0 Å². The first-order chi connectivity index (χ1) is 4.91. The van der Waals surface area contributed by atoms with Crippen molar-refractivity contribution in [1.82, 2.24) is 0 Å². The predicted octanol–water partition coefficient (Wildman–Crippen LogP) is 3.74. The van der Waals surface area contributed by atoms with Crippen molar-refractivity contribution in [2.75, 3.05) is 0 Å². The maximum absolute atomic E-state index is 2.29. The summed E-state index contributed by atoms with van der Waals surface area (Å²) in [5.74, 6) is 0. The Bertz CT molecular complexity index is 62.1. The largest absolute Gasteiger partial charge is 0.0885 e. The molecule has 0 aliphatic carbocycles. The maximum Gasteiger partial charge on any atom is -0.0320 e. The molecule has 0 bridgehead atoms. The Morgan fingerprint density at radius 3 is 2.50 bits per heavy atom. The average molecular weight is 139 g/mol. The van der Waals surface area contributed by atoms with Crippen LogP contribution in [0.15, 0.2) is 12.2 Å². The van der Waals surface area contributed by atoms with Crippen molar-refractivity contribution in [3.05, 3.63) is 18.6 Å². The lowest BCUT2D eigenvalue weighted by atomic mass is 10.2. The molecule has 0 atom stereocenters. The molecule has 0 N–H and O–H groups in total. The predicted molar refractivity (Wildman–Crippen MR) is 47.9 cm³/mol. The molecule has 0 aromatic carbocycles. The number of hydrogen-bond donors (Lipinski definition) is 0. The van der Waals surface area contributed by atoms with Gasteiger partial charge in [-0.15, -0.1) is 0 Å². The van der Waals surface area contributed by atoms with E-state index in [0.29, 0.717) is 0 Å². The van der Waals surface area contributed by atoms with E-state index < -0.39 is 0 Å². The topological polar surface area (TPSA) is 0 Å². The van der Waals surface area contributed by atoms with Gasteiger partial charge in [-0.2, -0.15) is 0 Å². The van der Waals surface area contributed by atoms with Gasteiger partial charge in [0.15, 0.2) is 0 Å². The fourth-order valence-corrected chi connectivity index (χ4v) is 0.799. The molecule has 0 saturated carbocycles. The molecule has 0 aromatic rings. The average Bonchev–Trinajstić information content (AvgIpc) is 1.97. The molecule has 0 amide bonds. The molecular weight excluding hydrogens is 120 g/mol. The van der Waals surface area contributed by atoms with Gasteiger partial charge in [0.05, 0.1) is 0 Å². The van der Waals surface area contributed by atoms with Crippen LogP contribution in [-0.2, 0) is 0 Å². The van der Waals surface area contributed by atoms with Crippen LogP contribution in [0.3, 0.4) is 0 Å². The summed E-state index contributed by atoms with van der Waals surface area (Å²) >= 11 is 0. The zero-order valence-electron chi connectivity index (χ0n) is 7.27. The summed E-state index contributed by atoms with van der Waals surface area (Å²) < 4.78 is 0. The Morgan fingerprint density at radius 1 is 1.10 bits per heavy atom. The third kappa shape index (κ3) is 7.74. The highest BCUT2D eigenvalue weighted by molar-refractivity contribution is 4.86. The molecule has 0 spiro atoms. The quantitative estimate of drug-likeness (QED) is 0.388. The molecule has 0 rings (SSSR count). The fraction of sp³-hybridized carbons (Fsp3) is 0.700. The molecule has 10 heavy (non-hydrogen) atoms. The number of hydrogen-bond acceptors (Lipinski definition) is 0. The molecule has 0 aromatic heterocycles. The van der Waals surface area contributed by atoms with Crippen molar-refractivity contribution in [1.29, 1.82) is 0 Å². The van der Waals surface area contributed by atoms with Crippen LogP contribution in [0.25, 0.3) is 0 Å². The molecule has 0 heteroatoms. The van der Waals surface area contributed by atoms with Crippen LogP contribution < -0.4 is 0 Å². The molecule has 0 unspecified atom stereocenters. The Labute approximate surface area is 65.3 Å². The lowest BCUT2D eigenvalue weighted by Crippen LogP contribution is -1.70. The summed E-state index contributed by atoms with van der Waals surface area (Å²) in [4.78, 5) is 0. The van der Waals surface area contributed by atoms with E-state index >= 15 is 0 Å². The monoisotopic (exact) mass is 139 g/mol. The van der Waals surface area contributed by atoms with Crippen molar-refractivity contribution >= 4 is 0 Å². The Kier molecular flexibility index (Phi) is 8.51. The summed E-state index contributed by atoms with van der Waals surface area (Å²) in [6, 6.07) is 0. The lowest BCUT2D eigenvalue weighted by Gasteiger charge is -1.89. The van der Waals surface area contributed by atoms with Crippen molar-refractivity contribution in [3.63, 3.8) is 0 Å². The van der Waals surface area contributed by atoms with Gasteiger partial charge in [0, 0.05) is 0 Å². The van der Waals surface area contributed by atoms with Gasteiger partial charge in [0.25, 0.3) is 0 Å². The molecule has 0 aliphatic rings.